The van der Waals surface area contributed by atoms with Gasteiger partial charge in [0.2, 0.25) is 11.8 Å². The molecule has 5 nitrogen and oxygen atoms in total. The van der Waals surface area contributed by atoms with Crippen LogP contribution in [-0.4, -0.2) is 29.3 Å². The molecule has 0 radical (unpaired) electrons. The smallest absolute Gasteiger partial charge is 0.237 e. The Bertz CT molecular complexity index is 492. The van der Waals surface area contributed by atoms with Crippen molar-refractivity contribution in [3.63, 3.8) is 0 Å². The Morgan fingerprint density at radius 3 is 2.10 bits per heavy atom. The second kappa shape index (κ2) is 5.94. The zero-order valence-electron chi connectivity index (χ0n) is 12.5. The summed E-state index contributed by atoms with van der Waals surface area (Å²) in [6.45, 7) is 7.31. The number of nitrogens with two attached hydrogens (primary N) is 2. The number of carbonyl (C=O) groups excluding carboxylic acids is 2. The molecule has 0 atom stereocenters. The topological polar surface area (TPSA) is 89.4 Å². The largest absolute Gasteiger partial charge is 0.399 e. The Labute approximate surface area is 119 Å². The van der Waals surface area contributed by atoms with Gasteiger partial charge in [-0.1, -0.05) is 12.1 Å². The van der Waals surface area contributed by atoms with Crippen LogP contribution in [0.1, 0.15) is 33.3 Å². The highest BCUT2D eigenvalue weighted by Gasteiger charge is 2.35. The summed E-state index contributed by atoms with van der Waals surface area (Å²) in [4.78, 5) is 25.4. The lowest BCUT2D eigenvalue weighted by Gasteiger charge is -2.34. The van der Waals surface area contributed by atoms with Gasteiger partial charge in [-0.05, 0) is 45.4 Å². The average molecular weight is 277 g/mol. The molecule has 20 heavy (non-hydrogen) atoms. The van der Waals surface area contributed by atoms with Gasteiger partial charge in [-0.2, -0.15) is 0 Å². The van der Waals surface area contributed by atoms with Crippen molar-refractivity contribution in [3.8, 4) is 0 Å². The van der Waals surface area contributed by atoms with E-state index in [2.05, 4.69) is 0 Å². The molecule has 5 heteroatoms. The van der Waals surface area contributed by atoms with Gasteiger partial charge in [0.15, 0.2) is 0 Å². The Hall–Kier alpha value is -2.04. The average Bonchev–Trinajstić information content (AvgIpc) is 2.35. The highest BCUT2D eigenvalue weighted by molar-refractivity contribution is 5.91. The van der Waals surface area contributed by atoms with Gasteiger partial charge >= 0.3 is 0 Å². The van der Waals surface area contributed by atoms with E-state index in [1.54, 1.807) is 12.1 Å². The van der Waals surface area contributed by atoms with Crippen molar-refractivity contribution in [3.05, 3.63) is 29.8 Å². The molecule has 0 spiro atoms. The van der Waals surface area contributed by atoms with Crippen LogP contribution >= 0.6 is 0 Å². The summed E-state index contributed by atoms with van der Waals surface area (Å²) in [5.74, 6) is -0.642. The van der Waals surface area contributed by atoms with Crippen LogP contribution in [0, 0.1) is 0 Å². The summed E-state index contributed by atoms with van der Waals surface area (Å²) in [6.07, 6.45) is 0. The first-order valence-electron chi connectivity index (χ1n) is 6.61. The molecular weight excluding hydrogens is 254 g/mol. The first-order chi connectivity index (χ1) is 9.16. The van der Waals surface area contributed by atoms with Crippen molar-refractivity contribution >= 4 is 17.5 Å². The minimum atomic E-state index is -0.743. The number of primary amides is 1. The lowest BCUT2D eigenvalue weighted by Crippen LogP contribution is -2.50. The van der Waals surface area contributed by atoms with Gasteiger partial charge in [0, 0.05) is 11.7 Å². The van der Waals surface area contributed by atoms with E-state index in [-0.39, 0.29) is 18.5 Å². The minimum absolute atomic E-state index is 0.0745. The fourth-order valence-corrected chi connectivity index (χ4v) is 2.04. The summed E-state index contributed by atoms with van der Waals surface area (Å²) in [5, 5.41) is 0. The van der Waals surface area contributed by atoms with Crippen LogP contribution in [0.5, 0.6) is 0 Å². The number of carbonyl (C=O) groups is 2. The molecule has 0 unspecified atom stereocenters. The van der Waals surface area contributed by atoms with Gasteiger partial charge in [0.25, 0.3) is 0 Å². The van der Waals surface area contributed by atoms with Gasteiger partial charge in [-0.3, -0.25) is 9.59 Å². The van der Waals surface area contributed by atoms with Crippen molar-refractivity contribution in [2.45, 2.75) is 39.2 Å². The second-order valence-electron chi connectivity index (χ2n) is 5.74. The van der Waals surface area contributed by atoms with E-state index >= 15 is 0 Å². The molecule has 0 aromatic heterocycles. The van der Waals surface area contributed by atoms with Crippen molar-refractivity contribution in [2.75, 3.05) is 12.3 Å². The Balaban J connectivity index is 3.08. The quantitative estimate of drug-likeness (QED) is 0.794. The molecule has 0 saturated carbocycles. The number of rotatable bonds is 5. The molecule has 4 N–H and O–H groups in total. The molecule has 0 aliphatic rings. The van der Waals surface area contributed by atoms with Crippen LogP contribution in [0.25, 0.3) is 0 Å². The first kappa shape index (κ1) is 16.0. The summed E-state index contributed by atoms with van der Waals surface area (Å²) < 4.78 is 0. The van der Waals surface area contributed by atoms with Crippen LogP contribution in [0.3, 0.4) is 0 Å². The molecular formula is C15H23N3O2. The van der Waals surface area contributed by atoms with Crippen molar-refractivity contribution in [1.82, 2.24) is 4.90 Å². The third-order valence-corrected chi connectivity index (χ3v) is 3.38. The summed E-state index contributed by atoms with van der Waals surface area (Å²) in [5.41, 5.74) is 11.6. The second-order valence-corrected chi connectivity index (χ2v) is 5.74. The standard InChI is InChI=1S/C15H23N3O2/c1-10(2)18(9-13(17)19)14(20)15(3,4)11-5-7-12(16)8-6-11/h5-8,10H,9,16H2,1-4H3,(H2,17,19). The van der Waals surface area contributed by atoms with E-state index in [9.17, 15) is 9.59 Å². The lowest BCUT2D eigenvalue weighted by atomic mass is 9.82. The summed E-state index contributed by atoms with van der Waals surface area (Å²) >= 11 is 0. The van der Waals surface area contributed by atoms with E-state index in [0.29, 0.717) is 5.69 Å². The zero-order valence-corrected chi connectivity index (χ0v) is 12.5. The fourth-order valence-electron chi connectivity index (χ4n) is 2.04. The lowest BCUT2D eigenvalue weighted by molar-refractivity contribution is -0.141. The number of nitrogens with zero attached hydrogens (tertiary/aromatic N) is 1. The Morgan fingerprint density at radius 1 is 1.20 bits per heavy atom. The number of anilines is 1. The van der Waals surface area contributed by atoms with Crippen LogP contribution in [-0.2, 0) is 15.0 Å². The van der Waals surface area contributed by atoms with Gasteiger partial charge in [-0.15, -0.1) is 0 Å². The van der Waals surface area contributed by atoms with Gasteiger partial charge in [0.05, 0.1) is 12.0 Å². The van der Waals surface area contributed by atoms with E-state index in [4.69, 9.17) is 11.5 Å². The molecule has 0 saturated heterocycles. The maximum atomic E-state index is 12.7. The molecule has 0 aliphatic carbocycles. The monoisotopic (exact) mass is 277 g/mol. The zero-order chi connectivity index (χ0) is 15.5. The van der Waals surface area contributed by atoms with Crippen LogP contribution < -0.4 is 11.5 Å². The highest BCUT2D eigenvalue weighted by atomic mass is 16.2. The molecule has 2 amide bonds. The Kier molecular flexibility index (Phi) is 4.76. The van der Waals surface area contributed by atoms with E-state index in [0.717, 1.165) is 5.56 Å². The molecule has 0 fully saturated rings. The third kappa shape index (κ3) is 3.50. The highest BCUT2D eigenvalue weighted by Crippen LogP contribution is 2.27. The van der Waals surface area contributed by atoms with Crippen LogP contribution in [0.4, 0.5) is 5.69 Å². The van der Waals surface area contributed by atoms with Crippen molar-refractivity contribution in [1.29, 1.82) is 0 Å². The van der Waals surface area contributed by atoms with Gasteiger partial charge in [0.1, 0.15) is 0 Å². The normalized spacial score (nSPS) is 11.4. The molecule has 0 heterocycles. The fraction of sp³-hybridized carbons (Fsp3) is 0.467. The number of hydrogen-bond donors (Lipinski definition) is 2. The van der Waals surface area contributed by atoms with Crippen LogP contribution in [0.2, 0.25) is 0 Å². The van der Waals surface area contributed by atoms with E-state index in [1.807, 2.05) is 39.8 Å². The van der Waals surface area contributed by atoms with E-state index in [1.165, 1.54) is 4.90 Å². The molecule has 1 rings (SSSR count). The predicted octanol–water partition coefficient (Wildman–Crippen LogP) is 1.27. The molecule has 0 aliphatic heterocycles. The first-order valence-corrected chi connectivity index (χ1v) is 6.61. The maximum absolute atomic E-state index is 12.7. The van der Waals surface area contributed by atoms with E-state index < -0.39 is 11.3 Å². The van der Waals surface area contributed by atoms with Crippen molar-refractivity contribution in [2.24, 2.45) is 5.73 Å². The number of nitrogen functional groups attached to an aromatic ring is 1. The predicted molar refractivity (Wildman–Crippen MR) is 79.9 cm³/mol. The van der Waals surface area contributed by atoms with Gasteiger partial charge in [-0.25, -0.2) is 0 Å². The number of amides is 2. The minimum Gasteiger partial charge on any atom is -0.399 e. The number of benzene rings is 1. The molecule has 110 valence electrons. The summed E-state index contributed by atoms with van der Waals surface area (Å²) in [6, 6.07) is 7.09. The maximum Gasteiger partial charge on any atom is 0.237 e. The van der Waals surface area contributed by atoms with Crippen molar-refractivity contribution < 1.29 is 9.59 Å². The van der Waals surface area contributed by atoms with Gasteiger partial charge < -0.3 is 16.4 Å². The molecule has 0 bridgehead atoms. The molecule has 1 aromatic carbocycles. The number of hydrogen-bond acceptors (Lipinski definition) is 3. The molecule has 1 aromatic rings. The Morgan fingerprint density at radius 2 is 1.70 bits per heavy atom. The third-order valence-electron chi connectivity index (χ3n) is 3.38. The van der Waals surface area contributed by atoms with Crippen LogP contribution in [0.15, 0.2) is 24.3 Å². The summed E-state index contributed by atoms with van der Waals surface area (Å²) in [7, 11) is 0. The SMILES string of the molecule is CC(C)N(CC(N)=O)C(=O)C(C)(C)c1ccc(N)cc1.